The summed E-state index contributed by atoms with van der Waals surface area (Å²) in [6, 6.07) is 5.56. The molecule has 0 saturated heterocycles. The second kappa shape index (κ2) is 5.51. The molecular weight excluding hydrogens is 248 g/mol. The molecule has 6 heteroatoms. The first-order valence-electron chi connectivity index (χ1n) is 5.81. The summed E-state index contributed by atoms with van der Waals surface area (Å²) < 4.78 is 15.3. The van der Waals surface area contributed by atoms with Crippen LogP contribution >= 0.6 is 0 Å². The van der Waals surface area contributed by atoms with Gasteiger partial charge in [0.1, 0.15) is 5.75 Å². The number of aryl methyl sites for hydroxylation is 1. The molecule has 1 aromatic heterocycles. The van der Waals surface area contributed by atoms with E-state index in [-0.39, 0.29) is 18.4 Å². The molecule has 0 aliphatic carbocycles. The van der Waals surface area contributed by atoms with Gasteiger partial charge in [-0.25, -0.2) is 4.79 Å². The standard InChI is InChI=1S/C13H14N2O4/c1-4-18-13(16)12-15-14-11(19-12)9-7-8(2)5-6-10(9)17-3/h5-7H,4H2,1-3H3. The summed E-state index contributed by atoms with van der Waals surface area (Å²) in [5.74, 6) is 0.0292. The van der Waals surface area contributed by atoms with Crippen molar-refractivity contribution in [2.24, 2.45) is 0 Å². The molecule has 1 aromatic carbocycles. The monoisotopic (exact) mass is 262 g/mol. The van der Waals surface area contributed by atoms with Gasteiger partial charge in [-0.2, -0.15) is 0 Å². The van der Waals surface area contributed by atoms with Crippen molar-refractivity contribution in [1.29, 1.82) is 0 Å². The SMILES string of the molecule is CCOC(=O)c1nnc(-c2cc(C)ccc2OC)o1. The molecule has 19 heavy (non-hydrogen) atoms. The summed E-state index contributed by atoms with van der Waals surface area (Å²) in [4.78, 5) is 11.5. The molecule has 2 aromatic rings. The van der Waals surface area contributed by atoms with E-state index in [9.17, 15) is 4.79 Å². The Morgan fingerprint density at radius 2 is 2.16 bits per heavy atom. The number of esters is 1. The van der Waals surface area contributed by atoms with E-state index in [4.69, 9.17) is 13.9 Å². The summed E-state index contributed by atoms with van der Waals surface area (Å²) in [7, 11) is 1.55. The van der Waals surface area contributed by atoms with Gasteiger partial charge in [0.05, 0.1) is 19.3 Å². The fourth-order valence-corrected chi connectivity index (χ4v) is 1.60. The topological polar surface area (TPSA) is 74.5 Å². The molecule has 0 amide bonds. The van der Waals surface area contributed by atoms with E-state index in [1.54, 1.807) is 20.1 Å². The molecule has 0 saturated carbocycles. The third-order valence-corrected chi connectivity index (χ3v) is 2.46. The number of carbonyl (C=O) groups is 1. The number of hydrogen-bond acceptors (Lipinski definition) is 6. The summed E-state index contributed by atoms with van der Waals surface area (Å²) >= 11 is 0. The Labute approximate surface area is 110 Å². The van der Waals surface area contributed by atoms with Crippen LogP contribution < -0.4 is 4.74 Å². The number of aromatic nitrogens is 2. The van der Waals surface area contributed by atoms with E-state index in [0.29, 0.717) is 11.3 Å². The van der Waals surface area contributed by atoms with Crippen LogP contribution in [0.2, 0.25) is 0 Å². The molecule has 0 aliphatic rings. The van der Waals surface area contributed by atoms with Gasteiger partial charge in [0, 0.05) is 0 Å². The molecular formula is C13H14N2O4. The lowest BCUT2D eigenvalue weighted by molar-refractivity contribution is 0.0481. The minimum Gasteiger partial charge on any atom is -0.496 e. The zero-order valence-corrected chi connectivity index (χ0v) is 11.0. The lowest BCUT2D eigenvalue weighted by Gasteiger charge is -2.05. The van der Waals surface area contributed by atoms with Crippen molar-refractivity contribution in [1.82, 2.24) is 10.2 Å². The summed E-state index contributed by atoms with van der Waals surface area (Å²) in [6.45, 7) is 3.90. The number of ether oxygens (including phenoxy) is 2. The molecule has 0 bridgehead atoms. The fourth-order valence-electron chi connectivity index (χ4n) is 1.60. The molecule has 0 radical (unpaired) electrons. The van der Waals surface area contributed by atoms with E-state index >= 15 is 0 Å². The van der Waals surface area contributed by atoms with Crippen LogP contribution in [0.15, 0.2) is 22.6 Å². The van der Waals surface area contributed by atoms with Crippen molar-refractivity contribution < 1.29 is 18.7 Å². The zero-order chi connectivity index (χ0) is 13.8. The van der Waals surface area contributed by atoms with Gasteiger partial charge in [-0.15, -0.1) is 10.2 Å². The third-order valence-electron chi connectivity index (χ3n) is 2.46. The second-order valence-electron chi connectivity index (χ2n) is 3.84. The minimum absolute atomic E-state index is 0.166. The maximum atomic E-state index is 11.5. The normalized spacial score (nSPS) is 10.3. The molecule has 2 rings (SSSR count). The highest BCUT2D eigenvalue weighted by Gasteiger charge is 2.19. The van der Waals surface area contributed by atoms with Gasteiger partial charge >= 0.3 is 11.9 Å². The van der Waals surface area contributed by atoms with Crippen molar-refractivity contribution >= 4 is 5.97 Å². The molecule has 0 fully saturated rings. The van der Waals surface area contributed by atoms with Gasteiger partial charge in [-0.05, 0) is 26.0 Å². The maximum Gasteiger partial charge on any atom is 0.396 e. The molecule has 0 aliphatic heterocycles. The van der Waals surface area contributed by atoms with E-state index in [0.717, 1.165) is 5.56 Å². The summed E-state index contributed by atoms with van der Waals surface area (Å²) in [6.07, 6.45) is 0. The smallest absolute Gasteiger partial charge is 0.396 e. The van der Waals surface area contributed by atoms with Crippen molar-refractivity contribution in [3.05, 3.63) is 29.7 Å². The Hall–Kier alpha value is -2.37. The van der Waals surface area contributed by atoms with Gasteiger partial charge in [0.25, 0.3) is 5.89 Å². The van der Waals surface area contributed by atoms with E-state index in [1.807, 2.05) is 19.1 Å². The molecule has 0 N–H and O–H groups in total. The highest BCUT2D eigenvalue weighted by Crippen LogP contribution is 2.29. The quantitative estimate of drug-likeness (QED) is 0.786. The Morgan fingerprint density at radius 1 is 1.37 bits per heavy atom. The first-order chi connectivity index (χ1) is 9.15. The highest BCUT2D eigenvalue weighted by atomic mass is 16.5. The zero-order valence-electron chi connectivity index (χ0n) is 11.0. The number of carbonyl (C=O) groups excluding carboxylic acids is 1. The number of rotatable bonds is 4. The fraction of sp³-hybridized carbons (Fsp3) is 0.308. The Bertz CT molecular complexity index is 592. The second-order valence-corrected chi connectivity index (χ2v) is 3.84. The number of benzene rings is 1. The largest absolute Gasteiger partial charge is 0.496 e. The van der Waals surface area contributed by atoms with Gasteiger partial charge in [-0.3, -0.25) is 0 Å². The molecule has 0 atom stereocenters. The van der Waals surface area contributed by atoms with Crippen molar-refractivity contribution in [2.75, 3.05) is 13.7 Å². The lowest BCUT2D eigenvalue weighted by Crippen LogP contribution is -2.04. The summed E-state index contributed by atoms with van der Waals surface area (Å²) in [5.41, 5.74) is 1.66. The maximum absolute atomic E-state index is 11.5. The number of nitrogens with zero attached hydrogens (tertiary/aromatic N) is 2. The molecule has 1 heterocycles. The minimum atomic E-state index is -0.632. The predicted octanol–water partition coefficient (Wildman–Crippen LogP) is 2.23. The van der Waals surface area contributed by atoms with Crippen LogP contribution in [0.1, 0.15) is 23.2 Å². The van der Waals surface area contributed by atoms with Crippen LogP contribution in [-0.4, -0.2) is 29.9 Å². The predicted molar refractivity (Wildman–Crippen MR) is 67.0 cm³/mol. The summed E-state index contributed by atoms with van der Waals surface area (Å²) in [5, 5.41) is 7.51. The van der Waals surface area contributed by atoms with Crippen LogP contribution in [0.4, 0.5) is 0 Å². The van der Waals surface area contributed by atoms with Crippen LogP contribution in [0.5, 0.6) is 5.75 Å². The van der Waals surface area contributed by atoms with Crippen molar-refractivity contribution in [2.45, 2.75) is 13.8 Å². The van der Waals surface area contributed by atoms with E-state index in [2.05, 4.69) is 10.2 Å². The van der Waals surface area contributed by atoms with E-state index in [1.165, 1.54) is 0 Å². The third kappa shape index (κ3) is 2.73. The van der Waals surface area contributed by atoms with Crippen LogP contribution in [0, 0.1) is 6.92 Å². The number of hydrogen-bond donors (Lipinski definition) is 0. The molecule has 100 valence electrons. The van der Waals surface area contributed by atoms with E-state index < -0.39 is 5.97 Å². The lowest BCUT2D eigenvalue weighted by atomic mass is 10.1. The average molecular weight is 262 g/mol. The Kier molecular flexibility index (Phi) is 3.79. The van der Waals surface area contributed by atoms with Gasteiger partial charge in [-0.1, -0.05) is 11.6 Å². The van der Waals surface area contributed by atoms with Crippen LogP contribution in [-0.2, 0) is 4.74 Å². The first-order valence-corrected chi connectivity index (χ1v) is 5.81. The molecule has 6 nitrogen and oxygen atoms in total. The van der Waals surface area contributed by atoms with Gasteiger partial charge in [0.2, 0.25) is 0 Å². The number of methoxy groups -OCH3 is 1. The van der Waals surface area contributed by atoms with Crippen molar-refractivity contribution in [3.63, 3.8) is 0 Å². The van der Waals surface area contributed by atoms with Crippen LogP contribution in [0.3, 0.4) is 0 Å². The first kappa shape index (κ1) is 13.1. The van der Waals surface area contributed by atoms with Crippen molar-refractivity contribution in [3.8, 4) is 17.2 Å². The van der Waals surface area contributed by atoms with Gasteiger partial charge in [0.15, 0.2) is 0 Å². The molecule has 0 spiro atoms. The highest BCUT2D eigenvalue weighted by molar-refractivity contribution is 5.84. The molecule has 0 unspecified atom stereocenters. The Balaban J connectivity index is 2.37. The van der Waals surface area contributed by atoms with Crippen LogP contribution in [0.25, 0.3) is 11.5 Å². The average Bonchev–Trinajstić information content (AvgIpc) is 2.88. The van der Waals surface area contributed by atoms with Gasteiger partial charge < -0.3 is 13.9 Å². The Morgan fingerprint density at radius 3 is 2.84 bits per heavy atom.